The van der Waals surface area contributed by atoms with Crippen molar-refractivity contribution in [3.8, 4) is 0 Å². The highest BCUT2D eigenvalue weighted by molar-refractivity contribution is 5.84. The molecule has 1 aromatic rings. The van der Waals surface area contributed by atoms with Crippen LogP contribution in [0.2, 0.25) is 0 Å². The molecule has 1 unspecified atom stereocenters. The van der Waals surface area contributed by atoms with Crippen LogP contribution in [0.15, 0.2) is 24.3 Å². The van der Waals surface area contributed by atoms with Gasteiger partial charge in [-0.1, -0.05) is 20.8 Å². The average molecular weight is 325 g/mol. The van der Waals surface area contributed by atoms with E-state index in [1.54, 1.807) is 20.8 Å². The third kappa shape index (κ3) is 4.92. The molecular formula is C14H19N3O6. The fraction of sp³-hybridized carbons (Fsp3) is 0.429. The van der Waals surface area contributed by atoms with E-state index in [4.69, 9.17) is 15.7 Å². The highest BCUT2D eigenvalue weighted by Gasteiger charge is 2.41. The number of anilines is 1. The lowest BCUT2D eigenvalue weighted by Crippen LogP contribution is -2.49. The van der Waals surface area contributed by atoms with E-state index in [0.29, 0.717) is 5.69 Å². The number of hydrogen-bond acceptors (Lipinski definition) is 7. The number of hydrogen-bond donors (Lipinski definition) is 3. The van der Waals surface area contributed by atoms with E-state index in [1.165, 1.54) is 24.3 Å². The number of carboxylic acid groups (broad SMARTS) is 1. The van der Waals surface area contributed by atoms with Gasteiger partial charge >= 0.3 is 11.9 Å². The Hall–Kier alpha value is -2.68. The number of nitrogens with one attached hydrogen (secondary N) is 1. The lowest BCUT2D eigenvalue weighted by atomic mass is 9.76. The standard InChI is InChI=1S/C14H19N3O6/c1-14(2,3)10(11(15)12(18)19)13(20)23-16-8-4-6-9(7-5-8)17(21)22/h4-7,10-11,16H,15H2,1-3H3,(H,18,19)/t10?,11-/m0/s1. The second-order valence-corrected chi connectivity index (χ2v) is 6.03. The maximum Gasteiger partial charge on any atom is 0.337 e. The Morgan fingerprint density at radius 2 is 1.83 bits per heavy atom. The Kier molecular flexibility index (Phi) is 5.63. The molecule has 0 aliphatic heterocycles. The van der Waals surface area contributed by atoms with Crippen LogP contribution < -0.4 is 11.2 Å². The first kappa shape index (κ1) is 18.4. The minimum absolute atomic E-state index is 0.109. The van der Waals surface area contributed by atoms with Gasteiger partial charge in [-0.3, -0.25) is 14.9 Å². The number of nitrogens with zero attached hydrogens (tertiary/aromatic N) is 1. The van der Waals surface area contributed by atoms with Crippen molar-refractivity contribution in [2.24, 2.45) is 17.1 Å². The van der Waals surface area contributed by atoms with E-state index in [-0.39, 0.29) is 5.69 Å². The summed E-state index contributed by atoms with van der Waals surface area (Å²) in [6, 6.07) is 3.77. The summed E-state index contributed by atoms with van der Waals surface area (Å²) in [6.45, 7) is 5.02. The minimum atomic E-state index is -1.42. The quantitative estimate of drug-likeness (QED) is 0.527. The maximum absolute atomic E-state index is 12.1. The summed E-state index contributed by atoms with van der Waals surface area (Å²) in [5.74, 6) is -3.21. The minimum Gasteiger partial charge on any atom is -0.480 e. The largest absolute Gasteiger partial charge is 0.480 e. The molecule has 0 spiro atoms. The second-order valence-electron chi connectivity index (χ2n) is 6.03. The van der Waals surface area contributed by atoms with Gasteiger partial charge in [0.25, 0.3) is 5.69 Å². The first-order valence-corrected chi connectivity index (χ1v) is 6.73. The molecule has 0 fully saturated rings. The summed E-state index contributed by atoms with van der Waals surface area (Å²) in [6.07, 6.45) is 0. The smallest absolute Gasteiger partial charge is 0.337 e. The Labute approximate surface area is 132 Å². The molecule has 23 heavy (non-hydrogen) atoms. The van der Waals surface area contributed by atoms with Crippen LogP contribution in [0, 0.1) is 21.4 Å². The number of carboxylic acids is 1. The molecule has 0 aromatic heterocycles. The van der Waals surface area contributed by atoms with Crippen molar-refractivity contribution in [1.29, 1.82) is 0 Å². The van der Waals surface area contributed by atoms with Crippen LogP contribution in [0.1, 0.15) is 20.8 Å². The van der Waals surface area contributed by atoms with Gasteiger partial charge in [-0.15, -0.1) is 0 Å². The van der Waals surface area contributed by atoms with Crippen LogP contribution in [0.25, 0.3) is 0 Å². The molecule has 0 saturated carbocycles. The van der Waals surface area contributed by atoms with Crippen molar-refractivity contribution in [2.75, 3.05) is 5.48 Å². The Balaban J connectivity index is 2.79. The fourth-order valence-electron chi connectivity index (χ4n) is 2.01. The van der Waals surface area contributed by atoms with E-state index >= 15 is 0 Å². The fourth-order valence-corrected chi connectivity index (χ4v) is 2.01. The molecule has 1 aromatic carbocycles. The number of non-ortho nitro benzene ring substituents is 1. The molecule has 9 nitrogen and oxygen atoms in total. The number of nitrogens with two attached hydrogens (primary N) is 1. The lowest BCUT2D eigenvalue weighted by molar-refractivity contribution is -0.384. The zero-order chi connectivity index (χ0) is 17.8. The molecule has 0 saturated heterocycles. The van der Waals surface area contributed by atoms with Gasteiger partial charge in [0.2, 0.25) is 0 Å². The van der Waals surface area contributed by atoms with Gasteiger partial charge in [0.1, 0.15) is 6.04 Å². The van der Waals surface area contributed by atoms with Gasteiger partial charge in [0.15, 0.2) is 0 Å². The van der Waals surface area contributed by atoms with Gasteiger partial charge in [-0.2, -0.15) is 0 Å². The van der Waals surface area contributed by atoms with E-state index in [0.717, 1.165) is 0 Å². The molecular weight excluding hydrogens is 306 g/mol. The van der Waals surface area contributed by atoms with Gasteiger partial charge in [0.05, 0.1) is 16.5 Å². The third-order valence-electron chi connectivity index (χ3n) is 3.18. The molecule has 0 radical (unpaired) electrons. The zero-order valence-electron chi connectivity index (χ0n) is 13.0. The van der Waals surface area contributed by atoms with Gasteiger partial charge in [-0.05, 0) is 17.5 Å². The van der Waals surface area contributed by atoms with Crippen molar-refractivity contribution < 1.29 is 24.5 Å². The number of aliphatic carboxylic acids is 1. The molecule has 0 aliphatic carbocycles. The van der Waals surface area contributed by atoms with E-state index in [9.17, 15) is 19.7 Å². The molecule has 0 amide bonds. The van der Waals surface area contributed by atoms with E-state index in [2.05, 4.69) is 5.48 Å². The number of carbonyl (C=O) groups is 2. The third-order valence-corrected chi connectivity index (χ3v) is 3.18. The van der Waals surface area contributed by atoms with Crippen LogP contribution in [0.3, 0.4) is 0 Å². The van der Waals surface area contributed by atoms with Crippen molar-refractivity contribution in [1.82, 2.24) is 0 Å². The predicted molar refractivity (Wildman–Crippen MR) is 81.4 cm³/mol. The first-order valence-electron chi connectivity index (χ1n) is 6.73. The van der Waals surface area contributed by atoms with E-state index < -0.39 is 34.2 Å². The van der Waals surface area contributed by atoms with Crippen molar-refractivity contribution in [3.63, 3.8) is 0 Å². The summed E-state index contributed by atoms with van der Waals surface area (Å²) in [4.78, 5) is 38.1. The predicted octanol–water partition coefficient (Wildman–Crippen LogP) is 1.54. The maximum atomic E-state index is 12.1. The molecule has 0 heterocycles. The number of benzene rings is 1. The number of nitro groups is 1. The highest BCUT2D eigenvalue weighted by atomic mass is 16.7. The van der Waals surface area contributed by atoms with Crippen LogP contribution in [-0.4, -0.2) is 28.0 Å². The molecule has 1 rings (SSSR count). The SMILES string of the molecule is CC(C)(C)C(C(=O)ONc1ccc([N+](=O)[O-])cc1)[C@H](N)C(=O)O. The number of nitro benzene ring substituents is 1. The van der Waals surface area contributed by atoms with Gasteiger partial charge in [0, 0.05) is 12.1 Å². The summed E-state index contributed by atoms with van der Waals surface area (Å²) < 4.78 is 0. The lowest BCUT2D eigenvalue weighted by Gasteiger charge is -2.30. The topological polar surface area (TPSA) is 145 Å². The summed E-state index contributed by atoms with van der Waals surface area (Å²) >= 11 is 0. The zero-order valence-corrected chi connectivity index (χ0v) is 13.0. The second kappa shape index (κ2) is 7.05. The van der Waals surface area contributed by atoms with Crippen LogP contribution in [0.5, 0.6) is 0 Å². The number of rotatable bonds is 6. The molecule has 0 aliphatic rings. The Morgan fingerprint density at radius 3 is 2.22 bits per heavy atom. The van der Waals surface area contributed by atoms with Crippen molar-refractivity contribution in [3.05, 3.63) is 34.4 Å². The first-order chi connectivity index (χ1) is 10.5. The molecule has 126 valence electrons. The Morgan fingerprint density at radius 1 is 1.30 bits per heavy atom. The van der Waals surface area contributed by atoms with E-state index in [1.807, 2.05) is 0 Å². The van der Waals surface area contributed by atoms with Crippen molar-refractivity contribution in [2.45, 2.75) is 26.8 Å². The van der Waals surface area contributed by atoms with Crippen LogP contribution >= 0.6 is 0 Å². The molecule has 9 heteroatoms. The summed E-state index contributed by atoms with van der Waals surface area (Å²) in [5.41, 5.74) is 7.37. The van der Waals surface area contributed by atoms with Gasteiger partial charge in [-0.25, -0.2) is 10.3 Å². The average Bonchev–Trinajstić information content (AvgIpc) is 2.44. The molecule has 2 atom stereocenters. The Bertz CT molecular complexity index is 594. The van der Waals surface area contributed by atoms with Gasteiger partial charge < -0.3 is 15.7 Å². The van der Waals surface area contributed by atoms with Crippen LogP contribution in [0.4, 0.5) is 11.4 Å². The molecule has 0 bridgehead atoms. The number of carbonyl (C=O) groups excluding carboxylic acids is 1. The highest BCUT2D eigenvalue weighted by Crippen LogP contribution is 2.29. The normalized spacial score (nSPS) is 13.7. The van der Waals surface area contributed by atoms with Crippen molar-refractivity contribution >= 4 is 23.3 Å². The monoisotopic (exact) mass is 325 g/mol. The molecule has 4 N–H and O–H groups in total. The summed E-state index contributed by atoms with van der Waals surface area (Å²) in [7, 11) is 0. The summed E-state index contributed by atoms with van der Waals surface area (Å²) in [5, 5.41) is 19.6. The van der Waals surface area contributed by atoms with Crippen LogP contribution in [-0.2, 0) is 14.4 Å².